The van der Waals surface area contributed by atoms with Crippen LogP contribution < -0.4 is 4.74 Å². The lowest BCUT2D eigenvalue weighted by Crippen LogP contribution is -2.34. The smallest absolute Gasteiger partial charge is 0.193 e. The van der Waals surface area contributed by atoms with Gasteiger partial charge < -0.3 is 24.3 Å². The Hall–Kier alpha value is -2.43. The number of nitrogens with zero attached hydrogens (tertiary/aromatic N) is 2. The van der Waals surface area contributed by atoms with Gasteiger partial charge in [0.05, 0.1) is 24.2 Å². The summed E-state index contributed by atoms with van der Waals surface area (Å²) in [6.07, 6.45) is 6.41. The summed E-state index contributed by atoms with van der Waals surface area (Å²) in [5.41, 5.74) is 4.83. The molecule has 2 bridgehead atoms. The Bertz CT molecular complexity index is 1330. The number of halogens is 1. The SMILES string of the molecule is CSN1C2C=C(c3ccc(-c4nc5cc(O[C@@H]6COC7[C@H](O)CO[C@@H]76)[nH]c5cc4F)cc3)CC1CC2. The number of H-pyrrole nitrogens is 1. The van der Waals surface area contributed by atoms with Crippen molar-refractivity contribution in [1.82, 2.24) is 14.3 Å². The van der Waals surface area contributed by atoms with E-state index in [4.69, 9.17) is 14.2 Å². The fourth-order valence-electron chi connectivity index (χ4n) is 6.11. The van der Waals surface area contributed by atoms with Gasteiger partial charge in [-0.15, -0.1) is 0 Å². The van der Waals surface area contributed by atoms with Crippen LogP contribution in [0.25, 0.3) is 27.9 Å². The Morgan fingerprint density at radius 1 is 1.11 bits per heavy atom. The predicted molar refractivity (Wildman–Crippen MR) is 136 cm³/mol. The molecule has 3 unspecified atom stereocenters. The molecule has 1 aromatic carbocycles. The molecular formula is C27H28FN3O4S. The monoisotopic (exact) mass is 509 g/mol. The zero-order chi connectivity index (χ0) is 24.4. The number of benzene rings is 1. The molecule has 0 spiro atoms. The van der Waals surface area contributed by atoms with Crippen molar-refractivity contribution in [2.75, 3.05) is 19.5 Å². The number of nitrogens with one attached hydrogen (secondary N) is 1. The second-order valence-electron chi connectivity index (χ2n) is 10.0. The summed E-state index contributed by atoms with van der Waals surface area (Å²) < 4.78 is 34.9. The van der Waals surface area contributed by atoms with Gasteiger partial charge >= 0.3 is 0 Å². The molecule has 0 aliphatic carbocycles. The van der Waals surface area contributed by atoms with Crippen LogP contribution in [0.1, 0.15) is 24.8 Å². The highest BCUT2D eigenvalue weighted by molar-refractivity contribution is 7.96. The third-order valence-electron chi connectivity index (χ3n) is 7.86. The number of aromatic nitrogens is 2. The van der Waals surface area contributed by atoms with Crippen molar-refractivity contribution in [2.45, 2.75) is 55.8 Å². The number of aromatic amines is 1. The maximum atomic E-state index is 15.1. The number of hydrogen-bond donors (Lipinski definition) is 2. The van der Waals surface area contributed by atoms with Crippen LogP contribution in [0.15, 0.2) is 42.5 Å². The summed E-state index contributed by atoms with van der Waals surface area (Å²) in [6, 6.07) is 12.4. The zero-order valence-corrected chi connectivity index (χ0v) is 20.7. The van der Waals surface area contributed by atoms with Crippen molar-refractivity contribution >= 4 is 28.6 Å². The number of ether oxygens (including phenoxy) is 3. The summed E-state index contributed by atoms with van der Waals surface area (Å²) in [6.45, 7) is 0.569. The van der Waals surface area contributed by atoms with Gasteiger partial charge in [-0.3, -0.25) is 0 Å². The van der Waals surface area contributed by atoms with Gasteiger partial charge in [-0.2, -0.15) is 0 Å². The minimum Gasteiger partial charge on any atom is -0.470 e. The van der Waals surface area contributed by atoms with Gasteiger partial charge in [-0.25, -0.2) is 13.7 Å². The lowest BCUT2D eigenvalue weighted by molar-refractivity contribution is 0.00794. The van der Waals surface area contributed by atoms with E-state index < -0.39 is 6.10 Å². The van der Waals surface area contributed by atoms with Crippen LogP contribution in [0.2, 0.25) is 0 Å². The highest BCUT2D eigenvalue weighted by Crippen LogP contribution is 2.42. The number of fused-ring (bicyclic) bond motifs is 4. The molecule has 0 radical (unpaired) electrons. The van der Waals surface area contributed by atoms with Crippen LogP contribution >= 0.6 is 11.9 Å². The highest BCUT2D eigenvalue weighted by atomic mass is 32.2. The average Bonchev–Trinajstić information content (AvgIpc) is 3.62. The number of pyridine rings is 1. The molecule has 188 valence electrons. The Labute approximate surface area is 212 Å². The first-order valence-corrected chi connectivity index (χ1v) is 13.7. The largest absolute Gasteiger partial charge is 0.470 e. The molecular weight excluding hydrogens is 481 g/mol. The zero-order valence-electron chi connectivity index (χ0n) is 19.9. The lowest BCUT2D eigenvalue weighted by atomic mass is 9.95. The van der Waals surface area contributed by atoms with Crippen LogP contribution in [-0.4, -0.2) is 75.3 Å². The molecule has 3 saturated heterocycles. The Morgan fingerprint density at radius 2 is 1.92 bits per heavy atom. The molecule has 0 saturated carbocycles. The Kier molecular flexibility index (Phi) is 5.59. The Morgan fingerprint density at radius 3 is 2.72 bits per heavy atom. The Balaban J connectivity index is 1.12. The predicted octanol–water partition coefficient (Wildman–Crippen LogP) is 4.17. The third kappa shape index (κ3) is 3.76. The molecule has 3 fully saturated rings. The molecule has 3 aromatic rings. The molecule has 4 aliphatic rings. The van der Waals surface area contributed by atoms with Crippen LogP contribution in [0.5, 0.6) is 5.88 Å². The number of aliphatic hydroxyl groups excluding tert-OH is 1. The molecule has 7 rings (SSSR count). The summed E-state index contributed by atoms with van der Waals surface area (Å²) in [5.74, 6) is 0.0856. The van der Waals surface area contributed by atoms with Crippen LogP contribution in [-0.2, 0) is 9.47 Å². The minimum absolute atomic E-state index is 0.242. The van der Waals surface area contributed by atoms with Crippen molar-refractivity contribution in [3.63, 3.8) is 0 Å². The number of hydrogen-bond acceptors (Lipinski definition) is 7. The van der Waals surface area contributed by atoms with Crippen molar-refractivity contribution in [3.8, 4) is 17.1 Å². The summed E-state index contributed by atoms with van der Waals surface area (Å²) in [4.78, 5) is 7.70. The van der Waals surface area contributed by atoms with Gasteiger partial charge in [0.25, 0.3) is 0 Å². The first kappa shape index (κ1) is 22.7. The van der Waals surface area contributed by atoms with Gasteiger partial charge in [0.15, 0.2) is 17.8 Å². The van der Waals surface area contributed by atoms with Crippen molar-refractivity contribution in [3.05, 3.63) is 53.9 Å². The van der Waals surface area contributed by atoms with E-state index in [1.807, 2.05) is 24.1 Å². The van der Waals surface area contributed by atoms with Gasteiger partial charge in [0.1, 0.15) is 24.0 Å². The summed E-state index contributed by atoms with van der Waals surface area (Å²) in [7, 11) is 0. The molecule has 2 aromatic heterocycles. The third-order valence-corrected chi connectivity index (χ3v) is 8.85. The average molecular weight is 510 g/mol. The molecule has 7 nitrogen and oxygen atoms in total. The molecule has 4 aliphatic heterocycles. The van der Waals surface area contributed by atoms with E-state index in [-0.39, 0.29) is 30.7 Å². The van der Waals surface area contributed by atoms with Gasteiger partial charge in [-0.05, 0) is 36.7 Å². The molecule has 6 atom stereocenters. The van der Waals surface area contributed by atoms with Crippen LogP contribution in [0.3, 0.4) is 0 Å². The topological polar surface area (TPSA) is 79.8 Å². The first-order chi connectivity index (χ1) is 17.6. The quantitative estimate of drug-likeness (QED) is 0.500. The first-order valence-electron chi connectivity index (χ1n) is 12.5. The van der Waals surface area contributed by atoms with Crippen molar-refractivity contribution in [1.29, 1.82) is 0 Å². The standard InChI is InChI=1S/C27H28FN3O4S/c1-36-31-17-6-7-18(31)9-16(8-17)14-2-4-15(5-3-14)25-19(28)10-20-21(30-25)11-24(29-20)35-23-13-34-26-22(32)12-33-27(23)26/h2-5,8,10-11,17-18,22-23,26-27,29,32H,6-7,9,12-13H2,1H3/t17?,18?,22-,23-,26?,27-/m1/s1. The summed E-state index contributed by atoms with van der Waals surface area (Å²) in [5, 5.41) is 9.93. The highest BCUT2D eigenvalue weighted by Gasteiger charge is 2.48. The second-order valence-corrected chi connectivity index (χ2v) is 10.8. The molecule has 6 heterocycles. The molecule has 9 heteroatoms. The van der Waals surface area contributed by atoms with E-state index in [0.29, 0.717) is 41.3 Å². The fraction of sp³-hybridized carbons (Fsp3) is 0.444. The van der Waals surface area contributed by atoms with Crippen LogP contribution in [0, 0.1) is 5.82 Å². The van der Waals surface area contributed by atoms with E-state index >= 15 is 4.39 Å². The fourth-order valence-corrected chi connectivity index (χ4v) is 7.03. The van der Waals surface area contributed by atoms with Gasteiger partial charge in [0.2, 0.25) is 0 Å². The van der Waals surface area contributed by atoms with Crippen LogP contribution in [0.4, 0.5) is 4.39 Å². The molecule has 36 heavy (non-hydrogen) atoms. The van der Waals surface area contributed by atoms with Crippen molar-refractivity contribution < 1.29 is 23.7 Å². The number of aliphatic hydroxyl groups is 1. The van der Waals surface area contributed by atoms with E-state index in [9.17, 15) is 5.11 Å². The van der Waals surface area contributed by atoms with E-state index in [1.54, 1.807) is 6.07 Å². The summed E-state index contributed by atoms with van der Waals surface area (Å²) >= 11 is 1.84. The second kappa shape index (κ2) is 8.85. The molecule has 2 N–H and O–H groups in total. The van der Waals surface area contributed by atoms with Crippen molar-refractivity contribution in [2.24, 2.45) is 0 Å². The lowest BCUT2D eigenvalue weighted by Gasteiger charge is -2.31. The van der Waals surface area contributed by atoms with E-state index in [2.05, 4.69) is 38.7 Å². The minimum atomic E-state index is -0.634. The normalized spacial score (nSPS) is 31.7. The number of rotatable bonds is 5. The van der Waals surface area contributed by atoms with E-state index in [1.165, 1.54) is 30.0 Å². The van der Waals surface area contributed by atoms with E-state index in [0.717, 1.165) is 12.0 Å². The van der Waals surface area contributed by atoms with Gasteiger partial charge in [-0.1, -0.05) is 42.3 Å². The van der Waals surface area contributed by atoms with Gasteiger partial charge in [0, 0.05) is 29.8 Å². The maximum Gasteiger partial charge on any atom is 0.193 e. The molecule has 0 amide bonds. The maximum absolute atomic E-state index is 15.1.